The van der Waals surface area contributed by atoms with Crippen molar-refractivity contribution in [1.82, 2.24) is 0 Å². The highest BCUT2D eigenvalue weighted by molar-refractivity contribution is 7.18. The van der Waals surface area contributed by atoms with Crippen LogP contribution < -0.4 is 10.6 Å². The van der Waals surface area contributed by atoms with Gasteiger partial charge in [-0.3, -0.25) is 10.1 Å². The van der Waals surface area contributed by atoms with E-state index in [1.807, 2.05) is 48.5 Å². The van der Waals surface area contributed by atoms with Crippen LogP contribution in [0.4, 0.5) is 15.5 Å². The molecule has 186 valence electrons. The zero-order chi connectivity index (χ0) is 26.1. The number of carboxylic acids is 1. The van der Waals surface area contributed by atoms with Crippen molar-refractivity contribution in [2.45, 2.75) is 12.8 Å². The third-order valence-electron chi connectivity index (χ3n) is 6.23. The molecule has 0 bridgehead atoms. The van der Waals surface area contributed by atoms with Crippen molar-refractivity contribution in [2.75, 3.05) is 17.2 Å². The van der Waals surface area contributed by atoms with Gasteiger partial charge in [0.25, 0.3) is 5.91 Å². The maximum Gasteiger partial charge on any atom is 0.412 e. The summed E-state index contributed by atoms with van der Waals surface area (Å²) in [6.45, 7) is 1.61. The number of carbonyl (C=O) groups excluding carboxylic acids is 2. The molecular formula is C28H21ClN2O5S. The van der Waals surface area contributed by atoms with Crippen molar-refractivity contribution >= 4 is 51.6 Å². The normalized spacial score (nSPS) is 11.9. The highest BCUT2D eigenvalue weighted by Crippen LogP contribution is 2.44. The minimum Gasteiger partial charge on any atom is -0.478 e. The second-order valence-corrected chi connectivity index (χ2v) is 9.93. The van der Waals surface area contributed by atoms with Crippen molar-refractivity contribution in [1.29, 1.82) is 0 Å². The third kappa shape index (κ3) is 4.81. The Kier molecular flexibility index (Phi) is 6.69. The van der Waals surface area contributed by atoms with Crippen molar-refractivity contribution in [3.05, 3.63) is 105 Å². The van der Waals surface area contributed by atoms with E-state index in [4.69, 9.17) is 16.3 Å². The molecule has 0 aliphatic heterocycles. The fraction of sp³-hybridized carbons (Fsp3) is 0.107. The number of hydrogen-bond donors (Lipinski definition) is 3. The van der Waals surface area contributed by atoms with E-state index in [2.05, 4.69) is 10.6 Å². The van der Waals surface area contributed by atoms with E-state index < -0.39 is 18.0 Å². The number of amides is 2. The SMILES string of the molecule is Cc1c(C(=O)Nc2ccc(Cl)cc2)sc(NC(=O)OCC2c3ccccc3-c3ccccc32)c1C(=O)O. The van der Waals surface area contributed by atoms with Crippen LogP contribution in [-0.2, 0) is 4.74 Å². The molecule has 1 aliphatic rings. The number of aromatic carboxylic acids is 1. The molecule has 1 heterocycles. The molecule has 37 heavy (non-hydrogen) atoms. The Hall–Kier alpha value is -4.14. The maximum atomic E-state index is 12.9. The van der Waals surface area contributed by atoms with Gasteiger partial charge in [0.2, 0.25) is 0 Å². The number of anilines is 2. The molecule has 7 nitrogen and oxygen atoms in total. The van der Waals surface area contributed by atoms with Crippen LogP contribution in [0, 0.1) is 6.92 Å². The lowest BCUT2D eigenvalue weighted by Gasteiger charge is -2.14. The number of thiophene rings is 1. The van der Waals surface area contributed by atoms with Crippen molar-refractivity contribution in [3.8, 4) is 11.1 Å². The van der Waals surface area contributed by atoms with E-state index in [9.17, 15) is 19.5 Å². The molecule has 0 spiro atoms. The molecule has 0 atom stereocenters. The maximum absolute atomic E-state index is 12.9. The van der Waals surface area contributed by atoms with Crippen molar-refractivity contribution < 1.29 is 24.2 Å². The molecule has 0 fully saturated rings. The monoisotopic (exact) mass is 532 g/mol. The highest BCUT2D eigenvalue weighted by atomic mass is 35.5. The van der Waals surface area contributed by atoms with Gasteiger partial charge in [-0.1, -0.05) is 60.1 Å². The summed E-state index contributed by atoms with van der Waals surface area (Å²) in [5, 5.41) is 15.6. The first-order valence-electron chi connectivity index (χ1n) is 11.4. The number of fused-ring (bicyclic) bond motifs is 3. The Balaban J connectivity index is 1.32. The number of carbonyl (C=O) groups is 3. The Morgan fingerprint density at radius 3 is 2.11 bits per heavy atom. The lowest BCUT2D eigenvalue weighted by atomic mass is 9.98. The van der Waals surface area contributed by atoms with Gasteiger partial charge >= 0.3 is 12.1 Å². The van der Waals surface area contributed by atoms with Gasteiger partial charge < -0.3 is 15.2 Å². The Labute approximate surface area is 221 Å². The van der Waals surface area contributed by atoms with Gasteiger partial charge in [0, 0.05) is 16.6 Å². The van der Waals surface area contributed by atoms with Crippen LogP contribution in [0.2, 0.25) is 5.02 Å². The van der Waals surface area contributed by atoms with E-state index in [1.165, 1.54) is 6.92 Å². The summed E-state index contributed by atoms with van der Waals surface area (Å²) in [5.41, 5.74) is 4.94. The van der Waals surface area contributed by atoms with Crippen LogP contribution in [0.15, 0.2) is 72.8 Å². The molecule has 0 radical (unpaired) electrons. The second-order valence-electron chi connectivity index (χ2n) is 8.48. The van der Waals surface area contributed by atoms with Gasteiger partial charge in [0.1, 0.15) is 11.6 Å². The van der Waals surface area contributed by atoms with Crippen LogP contribution in [0.1, 0.15) is 42.6 Å². The number of nitrogens with one attached hydrogen (secondary N) is 2. The molecule has 9 heteroatoms. The summed E-state index contributed by atoms with van der Waals surface area (Å²) >= 11 is 6.76. The lowest BCUT2D eigenvalue weighted by molar-refractivity contribution is 0.0697. The Bertz CT molecular complexity index is 1480. The van der Waals surface area contributed by atoms with Crippen LogP contribution in [0.25, 0.3) is 11.1 Å². The number of hydrogen-bond acceptors (Lipinski definition) is 5. The molecule has 0 saturated heterocycles. The Morgan fingerprint density at radius 1 is 0.919 bits per heavy atom. The quantitative estimate of drug-likeness (QED) is 0.247. The van der Waals surface area contributed by atoms with Crippen LogP contribution in [-0.4, -0.2) is 29.7 Å². The van der Waals surface area contributed by atoms with E-state index in [0.29, 0.717) is 10.7 Å². The summed E-state index contributed by atoms with van der Waals surface area (Å²) in [7, 11) is 0. The lowest BCUT2D eigenvalue weighted by Crippen LogP contribution is -2.18. The topological polar surface area (TPSA) is 105 Å². The number of carboxylic acid groups (broad SMARTS) is 1. The van der Waals surface area contributed by atoms with E-state index >= 15 is 0 Å². The van der Waals surface area contributed by atoms with E-state index in [-0.39, 0.29) is 33.5 Å². The second kappa shape index (κ2) is 10.1. The largest absolute Gasteiger partial charge is 0.478 e. The fourth-order valence-corrected chi connectivity index (χ4v) is 5.73. The standard InChI is InChI=1S/C28H21ClN2O5S/c1-15-23(27(33)34)26(37-24(15)25(32)30-17-12-10-16(29)11-13-17)31-28(35)36-14-22-20-8-4-2-6-18(20)19-7-3-5-9-21(19)22/h2-13,22H,14H2,1H3,(H,30,32)(H,31,35)(H,33,34). The molecular weight excluding hydrogens is 512 g/mol. The predicted octanol–water partition coefficient (Wildman–Crippen LogP) is 7.02. The number of benzene rings is 3. The van der Waals surface area contributed by atoms with Crippen molar-refractivity contribution in [2.24, 2.45) is 0 Å². The zero-order valence-corrected chi connectivity index (χ0v) is 21.2. The average molecular weight is 533 g/mol. The van der Waals surface area contributed by atoms with Gasteiger partial charge in [0.05, 0.1) is 10.4 Å². The minimum atomic E-state index is -1.26. The summed E-state index contributed by atoms with van der Waals surface area (Å²) in [6.07, 6.45) is -0.796. The summed E-state index contributed by atoms with van der Waals surface area (Å²) < 4.78 is 5.55. The molecule has 1 aromatic heterocycles. The van der Waals surface area contributed by atoms with Gasteiger partial charge in [-0.05, 0) is 59.0 Å². The van der Waals surface area contributed by atoms with Gasteiger partial charge in [0.15, 0.2) is 0 Å². The number of ether oxygens (including phenoxy) is 1. The first-order chi connectivity index (χ1) is 17.8. The molecule has 0 unspecified atom stereocenters. The molecule has 4 aromatic rings. The van der Waals surface area contributed by atoms with Crippen LogP contribution in [0.5, 0.6) is 0 Å². The first kappa shape index (κ1) is 24.5. The van der Waals surface area contributed by atoms with Gasteiger partial charge in [-0.25, -0.2) is 9.59 Å². The molecule has 5 rings (SSSR count). The van der Waals surface area contributed by atoms with Gasteiger partial charge in [-0.15, -0.1) is 11.3 Å². The third-order valence-corrected chi connectivity index (χ3v) is 7.69. The predicted molar refractivity (Wildman–Crippen MR) is 144 cm³/mol. The first-order valence-corrected chi connectivity index (χ1v) is 12.6. The molecule has 0 saturated carbocycles. The molecule has 3 aromatic carbocycles. The number of halogens is 1. The van der Waals surface area contributed by atoms with Crippen LogP contribution in [0.3, 0.4) is 0 Å². The molecule has 1 aliphatic carbocycles. The summed E-state index contributed by atoms with van der Waals surface area (Å²) in [6, 6.07) is 22.5. The summed E-state index contributed by atoms with van der Waals surface area (Å²) in [4.78, 5) is 37.7. The Morgan fingerprint density at radius 2 is 1.51 bits per heavy atom. The molecule has 2 amide bonds. The average Bonchev–Trinajstić information content (AvgIpc) is 3.38. The highest BCUT2D eigenvalue weighted by Gasteiger charge is 2.30. The van der Waals surface area contributed by atoms with E-state index in [0.717, 1.165) is 33.6 Å². The number of rotatable bonds is 6. The van der Waals surface area contributed by atoms with Gasteiger partial charge in [-0.2, -0.15) is 0 Å². The smallest absolute Gasteiger partial charge is 0.412 e. The minimum absolute atomic E-state index is 0.0310. The van der Waals surface area contributed by atoms with Crippen LogP contribution >= 0.6 is 22.9 Å². The molecule has 3 N–H and O–H groups in total. The summed E-state index contributed by atoms with van der Waals surface area (Å²) in [5.74, 6) is -1.89. The van der Waals surface area contributed by atoms with E-state index in [1.54, 1.807) is 24.3 Å². The van der Waals surface area contributed by atoms with Crippen molar-refractivity contribution in [3.63, 3.8) is 0 Å². The fourth-order valence-electron chi connectivity index (χ4n) is 4.52. The zero-order valence-electron chi connectivity index (χ0n) is 19.6.